The topological polar surface area (TPSA) is 18.5 Å². The molecule has 0 fully saturated rings. The van der Waals surface area contributed by atoms with E-state index < -0.39 is 5.82 Å². The second-order valence-corrected chi connectivity index (χ2v) is 2.14. The molecule has 0 radical (unpaired) electrons. The molecule has 13 heavy (non-hydrogen) atoms. The van der Waals surface area contributed by atoms with E-state index in [1.807, 2.05) is 0 Å². The van der Waals surface area contributed by atoms with Crippen molar-refractivity contribution in [1.29, 1.82) is 0 Å². The molecule has 4 heteroatoms. The molecule has 0 aromatic heterocycles. The minimum Gasteiger partial charge on any atom is -0.548 e. The Morgan fingerprint density at radius 3 is 2.62 bits per heavy atom. The summed E-state index contributed by atoms with van der Waals surface area (Å²) in [6.45, 7) is 2.24. The molecule has 0 bridgehead atoms. The first-order valence-electron chi connectivity index (χ1n) is 3.66. The Labute approximate surface area is 89.2 Å². The average molecular weight is 176 g/mol. The zero-order valence-corrected chi connectivity index (χ0v) is 8.06. The van der Waals surface area contributed by atoms with Gasteiger partial charge in [-0.2, -0.15) is 0 Å². The summed E-state index contributed by atoms with van der Waals surface area (Å²) in [5.74, 6) is 0.0606. The normalized spacial score (nSPS) is 8.85. The van der Waals surface area contributed by atoms with E-state index in [2.05, 4.69) is 6.07 Å². The predicted octanol–water partition coefficient (Wildman–Crippen LogP) is -0.963. The van der Waals surface area contributed by atoms with E-state index in [1.165, 1.54) is 13.2 Å². The maximum absolute atomic E-state index is 13.0. The maximum atomic E-state index is 13.0. The Balaban J connectivity index is 0.00000144. The summed E-state index contributed by atoms with van der Waals surface area (Å²) in [6, 6.07) is 5.52. The molecule has 0 saturated carbocycles. The van der Waals surface area contributed by atoms with Crippen molar-refractivity contribution in [2.75, 3.05) is 13.7 Å². The summed E-state index contributed by atoms with van der Waals surface area (Å²) in [6.07, 6.45) is 0. The van der Waals surface area contributed by atoms with Gasteiger partial charge < -0.3 is 9.47 Å². The van der Waals surface area contributed by atoms with E-state index in [9.17, 15) is 4.39 Å². The van der Waals surface area contributed by atoms with E-state index in [-0.39, 0.29) is 24.6 Å². The third-order valence-corrected chi connectivity index (χ3v) is 1.36. The van der Waals surface area contributed by atoms with E-state index in [0.29, 0.717) is 12.4 Å². The first-order valence-corrected chi connectivity index (χ1v) is 3.66. The largest absolute Gasteiger partial charge is 1.00 e. The first kappa shape index (κ1) is 12.3. The van der Waals surface area contributed by atoms with Crippen molar-refractivity contribution in [3.8, 4) is 11.5 Å². The van der Waals surface area contributed by atoms with Crippen LogP contribution in [0.2, 0.25) is 0 Å². The molecule has 0 aliphatic heterocycles. The molecule has 0 spiro atoms. The number of benzene rings is 1. The summed E-state index contributed by atoms with van der Waals surface area (Å²) >= 11 is 0. The van der Waals surface area contributed by atoms with Crippen LogP contribution in [0.3, 0.4) is 0 Å². The van der Waals surface area contributed by atoms with Gasteiger partial charge in [0, 0.05) is 11.5 Å². The second-order valence-electron chi connectivity index (χ2n) is 2.14. The van der Waals surface area contributed by atoms with Crippen LogP contribution in [0.15, 0.2) is 12.1 Å². The molecule has 0 aliphatic rings. The second kappa shape index (κ2) is 5.90. The molecule has 0 N–H and O–H groups in total. The summed E-state index contributed by atoms with van der Waals surface area (Å²) < 4.78 is 22.7. The molecular weight excluding hydrogens is 166 g/mol. The zero-order chi connectivity index (χ0) is 8.97. The van der Waals surface area contributed by atoms with Gasteiger partial charge in [-0.25, -0.2) is 4.39 Å². The molecule has 66 valence electrons. The molecule has 0 saturated heterocycles. The molecule has 0 aliphatic carbocycles. The van der Waals surface area contributed by atoms with Gasteiger partial charge in [0.1, 0.15) is 0 Å². The number of ether oxygens (including phenoxy) is 2. The number of halogens is 1. The molecule has 0 amide bonds. The van der Waals surface area contributed by atoms with Gasteiger partial charge in [-0.05, 0) is 6.92 Å². The van der Waals surface area contributed by atoms with Gasteiger partial charge in [0.05, 0.1) is 19.5 Å². The fourth-order valence-corrected chi connectivity index (χ4v) is 0.822. The Kier molecular flexibility index (Phi) is 5.61. The SMILES string of the molecule is CCOc1ccc(OC)[c-]c1F.[Li+]. The molecule has 1 rings (SSSR count). The minimum absolute atomic E-state index is 0. The van der Waals surface area contributed by atoms with E-state index in [0.717, 1.165) is 0 Å². The number of methoxy groups -OCH3 is 1. The van der Waals surface area contributed by atoms with Crippen molar-refractivity contribution in [3.05, 3.63) is 24.0 Å². The summed E-state index contributed by atoms with van der Waals surface area (Å²) in [7, 11) is 1.46. The van der Waals surface area contributed by atoms with Gasteiger partial charge in [0.25, 0.3) is 0 Å². The third kappa shape index (κ3) is 3.29. The van der Waals surface area contributed by atoms with Crippen LogP contribution < -0.4 is 28.3 Å². The van der Waals surface area contributed by atoms with Crippen LogP contribution in [0, 0.1) is 11.9 Å². The fourth-order valence-electron chi connectivity index (χ4n) is 0.822. The maximum Gasteiger partial charge on any atom is 1.00 e. The van der Waals surface area contributed by atoms with Crippen molar-refractivity contribution < 1.29 is 32.7 Å². The van der Waals surface area contributed by atoms with E-state index >= 15 is 0 Å². The molecule has 1 aromatic carbocycles. The van der Waals surface area contributed by atoms with Crippen LogP contribution in [-0.2, 0) is 0 Å². The van der Waals surface area contributed by atoms with Gasteiger partial charge in [-0.15, -0.1) is 12.1 Å². The molecular formula is C9H10FLiO2. The van der Waals surface area contributed by atoms with Crippen molar-refractivity contribution in [1.82, 2.24) is 0 Å². The van der Waals surface area contributed by atoms with Crippen molar-refractivity contribution in [2.24, 2.45) is 0 Å². The predicted molar refractivity (Wildman–Crippen MR) is 43.0 cm³/mol. The van der Waals surface area contributed by atoms with Crippen molar-refractivity contribution in [2.45, 2.75) is 6.92 Å². The van der Waals surface area contributed by atoms with Crippen LogP contribution in [0.25, 0.3) is 0 Å². The molecule has 0 heterocycles. The van der Waals surface area contributed by atoms with Gasteiger partial charge in [0.2, 0.25) is 0 Å². The Bertz CT molecular complexity index is 266. The number of hydrogen-bond acceptors (Lipinski definition) is 2. The summed E-state index contributed by atoms with van der Waals surface area (Å²) in [5.41, 5.74) is 0. The van der Waals surface area contributed by atoms with Crippen LogP contribution in [0.4, 0.5) is 4.39 Å². The van der Waals surface area contributed by atoms with Gasteiger partial charge in [-0.3, -0.25) is 0 Å². The van der Waals surface area contributed by atoms with Gasteiger partial charge >= 0.3 is 18.9 Å². The van der Waals surface area contributed by atoms with Crippen molar-refractivity contribution >= 4 is 0 Å². The number of rotatable bonds is 3. The average Bonchev–Trinajstić information content (AvgIpc) is 2.09. The quantitative estimate of drug-likeness (QED) is 0.436. The van der Waals surface area contributed by atoms with Crippen LogP contribution >= 0.6 is 0 Å². The Hall–Kier alpha value is -0.653. The molecule has 0 atom stereocenters. The summed E-state index contributed by atoms with van der Waals surface area (Å²) in [5, 5.41) is 0. The third-order valence-electron chi connectivity index (χ3n) is 1.36. The van der Waals surface area contributed by atoms with Gasteiger partial charge in [-0.1, -0.05) is 6.07 Å². The molecule has 2 nitrogen and oxygen atoms in total. The Morgan fingerprint density at radius 1 is 1.46 bits per heavy atom. The molecule has 1 aromatic rings. The Morgan fingerprint density at radius 2 is 2.15 bits per heavy atom. The standard InChI is InChI=1S/C9H10FO2.Li/c1-3-12-9-5-4-7(11-2)6-8(9)10;/h4-5H,3H2,1-2H3;/q-1;+1. The monoisotopic (exact) mass is 176 g/mol. The smallest absolute Gasteiger partial charge is 0.548 e. The molecule has 0 unspecified atom stereocenters. The fraction of sp³-hybridized carbons (Fsp3) is 0.333. The minimum atomic E-state index is -0.517. The van der Waals surface area contributed by atoms with Crippen molar-refractivity contribution in [3.63, 3.8) is 0 Å². The first-order chi connectivity index (χ1) is 5.77. The summed E-state index contributed by atoms with van der Waals surface area (Å²) in [4.78, 5) is 0. The van der Waals surface area contributed by atoms with E-state index in [4.69, 9.17) is 9.47 Å². The van der Waals surface area contributed by atoms with Crippen LogP contribution in [-0.4, -0.2) is 13.7 Å². The van der Waals surface area contributed by atoms with Crippen LogP contribution in [0.1, 0.15) is 6.92 Å². The van der Waals surface area contributed by atoms with Gasteiger partial charge in [0.15, 0.2) is 0 Å². The van der Waals surface area contributed by atoms with Crippen LogP contribution in [0.5, 0.6) is 11.5 Å². The number of hydrogen-bond donors (Lipinski definition) is 0. The van der Waals surface area contributed by atoms with E-state index in [1.54, 1.807) is 13.0 Å². The zero-order valence-electron chi connectivity index (χ0n) is 8.06.